The molecule has 0 aliphatic carbocycles. The summed E-state index contributed by atoms with van der Waals surface area (Å²) in [5.74, 6) is -0.239. The first-order valence-electron chi connectivity index (χ1n) is 7.10. The lowest BCUT2D eigenvalue weighted by Crippen LogP contribution is -2.35. The summed E-state index contributed by atoms with van der Waals surface area (Å²) in [5.41, 5.74) is 0.969. The summed E-state index contributed by atoms with van der Waals surface area (Å²) in [6.45, 7) is 1.46. The van der Waals surface area contributed by atoms with Gasteiger partial charge in [-0.2, -0.15) is 0 Å². The number of fused-ring (bicyclic) bond motifs is 1. The van der Waals surface area contributed by atoms with Gasteiger partial charge in [-0.15, -0.1) is 0 Å². The molecule has 3 rings (SSSR count). The summed E-state index contributed by atoms with van der Waals surface area (Å²) in [5, 5.41) is 0. The number of hydrogen-bond acceptors (Lipinski definition) is 4. The number of likely N-dealkylation sites (N-methyl/N-ethyl adjacent to an activating group) is 1. The quantitative estimate of drug-likeness (QED) is 0.922. The highest BCUT2D eigenvalue weighted by atomic mass is 32.2. The number of aryl methyl sites for hydroxylation is 1. The largest absolute Gasteiger partial charge is 0.482 e. The summed E-state index contributed by atoms with van der Waals surface area (Å²) in [4.78, 5) is 13.0. The van der Waals surface area contributed by atoms with Crippen molar-refractivity contribution in [2.45, 2.75) is 11.8 Å². The van der Waals surface area contributed by atoms with Crippen LogP contribution in [0.2, 0.25) is 0 Å². The fraction of sp³-hybridized carbons (Fsp3) is 0.188. The van der Waals surface area contributed by atoms with Crippen LogP contribution in [0.4, 0.5) is 15.8 Å². The van der Waals surface area contributed by atoms with Crippen molar-refractivity contribution < 1.29 is 22.3 Å². The Labute approximate surface area is 138 Å². The molecule has 0 radical (unpaired) electrons. The van der Waals surface area contributed by atoms with Crippen molar-refractivity contribution in [3.05, 3.63) is 47.8 Å². The SMILES string of the molecule is Cc1cc(NS(=O)(=O)c2ccc3c(c2)N(C)C(=O)CO3)ccc1F. The smallest absolute Gasteiger partial charge is 0.264 e. The Morgan fingerprint density at radius 3 is 2.67 bits per heavy atom. The van der Waals surface area contributed by atoms with Gasteiger partial charge >= 0.3 is 0 Å². The van der Waals surface area contributed by atoms with Crippen LogP contribution in [0.5, 0.6) is 5.75 Å². The molecule has 1 N–H and O–H groups in total. The zero-order chi connectivity index (χ0) is 17.5. The first-order valence-corrected chi connectivity index (χ1v) is 8.58. The summed E-state index contributed by atoms with van der Waals surface area (Å²) in [7, 11) is -2.33. The highest BCUT2D eigenvalue weighted by Gasteiger charge is 2.25. The lowest BCUT2D eigenvalue weighted by Gasteiger charge is -2.26. The van der Waals surface area contributed by atoms with E-state index in [-0.39, 0.29) is 23.1 Å². The van der Waals surface area contributed by atoms with E-state index in [4.69, 9.17) is 4.74 Å². The minimum absolute atomic E-state index is 0.0200. The van der Waals surface area contributed by atoms with Crippen LogP contribution in [-0.2, 0) is 14.8 Å². The number of halogens is 1. The van der Waals surface area contributed by atoms with Gasteiger partial charge in [0.05, 0.1) is 10.6 Å². The molecule has 0 aromatic heterocycles. The number of rotatable bonds is 3. The van der Waals surface area contributed by atoms with Crippen LogP contribution in [0.3, 0.4) is 0 Å². The van der Waals surface area contributed by atoms with E-state index in [1.165, 1.54) is 41.3 Å². The topological polar surface area (TPSA) is 75.7 Å². The monoisotopic (exact) mass is 350 g/mol. The Morgan fingerprint density at radius 2 is 1.96 bits per heavy atom. The molecule has 0 saturated heterocycles. The van der Waals surface area contributed by atoms with Gasteiger partial charge in [-0.05, 0) is 48.9 Å². The van der Waals surface area contributed by atoms with Gasteiger partial charge in [0.2, 0.25) is 0 Å². The van der Waals surface area contributed by atoms with E-state index in [0.717, 1.165) is 0 Å². The maximum atomic E-state index is 13.3. The van der Waals surface area contributed by atoms with Crippen molar-refractivity contribution >= 4 is 27.3 Å². The molecule has 0 unspecified atom stereocenters. The minimum atomic E-state index is -3.88. The number of hydrogen-bond donors (Lipinski definition) is 1. The number of sulfonamides is 1. The Bertz CT molecular complexity index is 928. The lowest BCUT2D eigenvalue weighted by atomic mass is 10.2. The molecule has 0 fully saturated rings. The minimum Gasteiger partial charge on any atom is -0.482 e. The van der Waals surface area contributed by atoms with Crippen LogP contribution in [-0.4, -0.2) is 28.0 Å². The van der Waals surface area contributed by atoms with Crippen LogP contribution < -0.4 is 14.4 Å². The van der Waals surface area contributed by atoms with E-state index in [1.54, 1.807) is 14.0 Å². The van der Waals surface area contributed by atoms with Crippen molar-refractivity contribution in [3.8, 4) is 5.75 Å². The zero-order valence-electron chi connectivity index (χ0n) is 13.0. The van der Waals surface area contributed by atoms with Crippen LogP contribution >= 0.6 is 0 Å². The number of nitrogens with one attached hydrogen (secondary N) is 1. The third kappa shape index (κ3) is 2.92. The summed E-state index contributed by atoms with van der Waals surface area (Å²) < 4.78 is 46.0. The average Bonchev–Trinajstić information content (AvgIpc) is 2.54. The molecule has 6 nitrogen and oxygen atoms in total. The molecule has 1 aliphatic rings. The molecular weight excluding hydrogens is 335 g/mol. The fourth-order valence-corrected chi connectivity index (χ4v) is 3.41. The van der Waals surface area contributed by atoms with Gasteiger partial charge in [0.1, 0.15) is 11.6 Å². The van der Waals surface area contributed by atoms with E-state index in [0.29, 0.717) is 17.0 Å². The van der Waals surface area contributed by atoms with E-state index in [2.05, 4.69) is 4.72 Å². The lowest BCUT2D eigenvalue weighted by molar-refractivity contribution is -0.120. The maximum absolute atomic E-state index is 13.3. The summed E-state index contributed by atoms with van der Waals surface area (Å²) in [6.07, 6.45) is 0. The van der Waals surface area contributed by atoms with E-state index < -0.39 is 15.8 Å². The third-order valence-corrected chi connectivity index (χ3v) is 5.12. The average molecular weight is 350 g/mol. The van der Waals surface area contributed by atoms with E-state index >= 15 is 0 Å². The molecule has 0 spiro atoms. The molecule has 8 heteroatoms. The molecule has 1 amide bonds. The third-order valence-electron chi connectivity index (χ3n) is 3.74. The van der Waals surface area contributed by atoms with Crippen molar-refractivity contribution in [2.24, 2.45) is 0 Å². The summed E-state index contributed by atoms with van der Waals surface area (Å²) >= 11 is 0. The van der Waals surface area contributed by atoms with Gasteiger partial charge < -0.3 is 9.64 Å². The van der Waals surface area contributed by atoms with Gasteiger partial charge in [0, 0.05) is 12.7 Å². The van der Waals surface area contributed by atoms with Crippen LogP contribution in [0.25, 0.3) is 0 Å². The predicted molar refractivity (Wildman–Crippen MR) is 87.3 cm³/mol. The second-order valence-electron chi connectivity index (χ2n) is 5.44. The Hall–Kier alpha value is -2.61. The number of ether oxygens (including phenoxy) is 1. The first-order chi connectivity index (χ1) is 11.3. The number of carbonyl (C=O) groups excluding carboxylic acids is 1. The number of amides is 1. The number of carbonyl (C=O) groups is 1. The highest BCUT2D eigenvalue weighted by Crippen LogP contribution is 2.33. The first kappa shape index (κ1) is 16.3. The molecule has 1 aliphatic heterocycles. The molecule has 0 atom stereocenters. The number of nitrogens with zero attached hydrogens (tertiary/aromatic N) is 1. The molecule has 0 bridgehead atoms. The van der Waals surface area contributed by atoms with Gasteiger partial charge in [0.25, 0.3) is 15.9 Å². The second-order valence-corrected chi connectivity index (χ2v) is 7.12. The molecular formula is C16H15FN2O4S. The molecule has 1 heterocycles. The van der Waals surface area contributed by atoms with Crippen molar-refractivity contribution in [1.29, 1.82) is 0 Å². The van der Waals surface area contributed by atoms with Crippen LogP contribution in [0.15, 0.2) is 41.3 Å². The molecule has 0 saturated carbocycles. The van der Waals surface area contributed by atoms with Crippen molar-refractivity contribution in [2.75, 3.05) is 23.3 Å². The number of benzene rings is 2. The van der Waals surface area contributed by atoms with Gasteiger partial charge in [0.15, 0.2) is 6.61 Å². The Morgan fingerprint density at radius 1 is 1.21 bits per heavy atom. The van der Waals surface area contributed by atoms with Gasteiger partial charge in [-0.3, -0.25) is 9.52 Å². The molecule has 126 valence electrons. The Balaban J connectivity index is 1.95. The Kier molecular flexibility index (Phi) is 3.92. The van der Waals surface area contributed by atoms with Crippen molar-refractivity contribution in [3.63, 3.8) is 0 Å². The van der Waals surface area contributed by atoms with Crippen LogP contribution in [0.1, 0.15) is 5.56 Å². The fourth-order valence-electron chi connectivity index (χ4n) is 2.34. The molecule has 24 heavy (non-hydrogen) atoms. The second kappa shape index (κ2) is 5.79. The zero-order valence-corrected chi connectivity index (χ0v) is 13.9. The normalized spacial score (nSPS) is 14.1. The predicted octanol–water partition coefficient (Wildman–Crippen LogP) is 2.29. The van der Waals surface area contributed by atoms with E-state index in [9.17, 15) is 17.6 Å². The van der Waals surface area contributed by atoms with E-state index in [1.807, 2.05) is 0 Å². The molecule has 2 aromatic carbocycles. The summed E-state index contributed by atoms with van der Waals surface area (Å²) in [6, 6.07) is 8.20. The van der Waals surface area contributed by atoms with Crippen LogP contribution in [0, 0.1) is 12.7 Å². The number of anilines is 2. The van der Waals surface area contributed by atoms with Crippen molar-refractivity contribution in [1.82, 2.24) is 0 Å². The standard InChI is InChI=1S/C16H15FN2O4S/c1-10-7-11(3-5-13(10)17)18-24(21,22)12-4-6-15-14(8-12)19(2)16(20)9-23-15/h3-8,18H,9H2,1-2H3. The van der Waals surface area contributed by atoms with Gasteiger partial charge in [-0.25, -0.2) is 12.8 Å². The molecule has 2 aromatic rings. The van der Waals surface area contributed by atoms with Gasteiger partial charge in [-0.1, -0.05) is 0 Å². The maximum Gasteiger partial charge on any atom is 0.264 e. The highest BCUT2D eigenvalue weighted by molar-refractivity contribution is 7.92.